The van der Waals surface area contributed by atoms with Gasteiger partial charge in [0.1, 0.15) is 11.5 Å². The fourth-order valence-electron chi connectivity index (χ4n) is 2.71. The number of nitrogens with zero attached hydrogens (tertiary/aromatic N) is 1. The van der Waals surface area contributed by atoms with Gasteiger partial charge in [0.25, 0.3) is 5.91 Å². The third kappa shape index (κ3) is 2.51. The van der Waals surface area contributed by atoms with Crippen molar-refractivity contribution >= 4 is 23.3 Å². The van der Waals surface area contributed by atoms with Crippen LogP contribution in [0.1, 0.15) is 47.2 Å². The lowest BCUT2D eigenvalue weighted by Gasteiger charge is -2.19. The number of pyridine rings is 1. The molecule has 0 saturated heterocycles. The zero-order valence-electron chi connectivity index (χ0n) is 12.8. The van der Waals surface area contributed by atoms with Gasteiger partial charge in [0.05, 0.1) is 21.8 Å². The van der Waals surface area contributed by atoms with Crippen LogP contribution < -0.4 is 5.32 Å². The van der Waals surface area contributed by atoms with E-state index >= 15 is 0 Å². The number of fused-ring (bicyclic) bond motifs is 1. The van der Waals surface area contributed by atoms with E-state index in [1.54, 1.807) is 6.07 Å². The molecule has 0 spiro atoms. The van der Waals surface area contributed by atoms with Crippen LogP contribution in [-0.4, -0.2) is 16.7 Å². The molecule has 2 aromatic rings. The van der Waals surface area contributed by atoms with Crippen molar-refractivity contribution in [3.05, 3.63) is 51.9 Å². The molecule has 1 N–H and O–H groups in total. The molecule has 0 aliphatic carbocycles. The minimum absolute atomic E-state index is 0.0658. The molecule has 1 aliphatic heterocycles. The number of carbonyl (C=O) groups is 2. The molecule has 1 aromatic heterocycles. The smallest absolute Gasteiger partial charge is 0.254 e. The zero-order valence-corrected chi connectivity index (χ0v) is 13.6. The average molecular weight is 333 g/mol. The van der Waals surface area contributed by atoms with Crippen molar-refractivity contribution in [2.75, 3.05) is 0 Å². The summed E-state index contributed by atoms with van der Waals surface area (Å²) in [5.74, 6) is -1.04. The van der Waals surface area contributed by atoms with Crippen molar-refractivity contribution in [1.82, 2.24) is 10.3 Å². The molecule has 23 heavy (non-hydrogen) atoms. The van der Waals surface area contributed by atoms with Crippen molar-refractivity contribution in [3.8, 4) is 11.3 Å². The topological polar surface area (TPSA) is 59.1 Å². The maximum absolute atomic E-state index is 13.4. The van der Waals surface area contributed by atoms with Gasteiger partial charge in [-0.15, -0.1) is 0 Å². The quantitative estimate of drug-likeness (QED) is 0.853. The second-order valence-corrected chi connectivity index (χ2v) is 6.45. The Morgan fingerprint density at radius 3 is 2.61 bits per heavy atom. The third-order valence-electron chi connectivity index (χ3n) is 3.90. The summed E-state index contributed by atoms with van der Waals surface area (Å²) in [4.78, 5) is 28.5. The van der Waals surface area contributed by atoms with Gasteiger partial charge in [-0.25, -0.2) is 9.37 Å². The fraction of sp³-hybridized carbons (Fsp3) is 0.235. The minimum Gasteiger partial charge on any atom is -0.343 e. The van der Waals surface area contributed by atoms with Gasteiger partial charge < -0.3 is 5.32 Å². The van der Waals surface area contributed by atoms with E-state index < -0.39 is 11.4 Å². The highest BCUT2D eigenvalue weighted by Crippen LogP contribution is 2.37. The summed E-state index contributed by atoms with van der Waals surface area (Å²) in [6.45, 7) is 5.11. The Hall–Kier alpha value is -2.27. The summed E-state index contributed by atoms with van der Waals surface area (Å²) in [6.07, 6.45) is 0. The normalized spacial score (nSPS) is 15.3. The van der Waals surface area contributed by atoms with Crippen LogP contribution >= 0.6 is 11.6 Å². The highest BCUT2D eigenvalue weighted by atomic mass is 35.5. The Morgan fingerprint density at radius 2 is 2.00 bits per heavy atom. The Morgan fingerprint density at radius 1 is 1.30 bits per heavy atom. The third-order valence-corrected chi connectivity index (χ3v) is 4.19. The first-order valence-corrected chi connectivity index (χ1v) is 7.43. The van der Waals surface area contributed by atoms with Crippen LogP contribution in [0.5, 0.6) is 0 Å². The van der Waals surface area contributed by atoms with E-state index in [9.17, 15) is 14.0 Å². The van der Waals surface area contributed by atoms with Crippen LogP contribution in [-0.2, 0) is 5.54 Å². The first kappa shape index (κ1) is 15.6. The Bertz CT molecular complexity index is 862. The first-order chi connectivity index (χ1) is 10.7. The lowest BCUT2D eigenvalue weighted by atomic mass is 9.91. The number of Topliss-reactive ketones (excluding diaryl/α,β-unsaturated/α-hetero) is 1. The van der Waals surface area contributed by atoms with Gasteiger partial charge in [-0.2, -0.15) is 0 Å². The maximum atomic E-state index is 13.4. The minimum atomic E-state index is -0.613. The van der Waals surface area contributed by atoms with Crippen LogP contribution in [0.4, 0.5) is 4.39 Å². The molecule has 2 heterocycles. The maximum Gasteiger partial charge on any atom is 0.254 e. The molecular weight excluding hydrogens is 319 g/mol. The number of amides is 1. The molecule has 6 heteroatoms. The van der Waals surface area contributed by atoms with Crippen LogP contribution in [0, 0.1) is 5.82 Å². The number of ketones is 1. The number of halogens is 2. The lowest BCUT2D eigenvalue weighted by Crippen LogP contribution is -2.32. The molecule has 0 radical (unpaired) electrons. The summed E-state index contributed by atoms with van der Waals surface area (Å²) in [7, 11) is 0. The van der Waals surface area contributed by atoms with E-state index in [2.05, 4.69) is 10.3 Å². The molecule has 4 nitrogen and oxygen atoms in total. The van der Waals surface area contributed by atoms with E-state index in [1.807, 2.05) is 13.8 Å². The lowest BCUT2D eigenvalue weighted by molar-refractivity contribution is 0.0939. The summed E-state index contributed by atoms with van der Waals surface area (Å²) in [6, 6.07) is 5.74. The number of rotatable bonds is 2. The van der Waals surface area contributed by atoms with E-state index in [0.717, 1.165) is 0 Å². The fourth-order valence-corrected chi connectivity index (χ4v) is 2.89. The van der Waals surface area contributed by atoms with E-state index in [4.69, 9.17) is 11.6 Å². The van der Waals surface area contributed by atoms with Gasteiger partial charge in [-0.05, 0) is 43.7 Å². The number of hydrogen-bond donors (Lipinski definition) is 1. The number of nitrogens with one attached hydrogen (secondary N) is 1. The van der Waals surface area contributed by atoms with Crippen LogP contribution in [0.2, 0.25) is 5.02 Å². The summed E-state index contributed by atoms with van der Waals surface area (Å²) >= 11 is 5.84. The molecule has 1 aromatic carbocycles. The van der Waals surface area contributed by atoms with Gasteiger partial charge >= 0.3 is 0 Å². The molecule has 118 valence electrons. The van der Waals surface area contributed by atoms with Gasteiger partial charge in [-0.3, -0.25) is 9.59 Å². The van der Waals surface area contributed by atoms with Crippen LogP contribution in [0.3, 0.4) is 0 Å². The van der Waals surface area contributed by atoms with Gasteiger partial charge in [0, 0.05) is 12.5 Å². The number of hydrogen-bond acceptors (Lipinski definition) is 3. The molecule has 0 atom stereocenters. The SMILES string of the molecule is CC(=O)c1cc2c(c(-c3ccc(F)c(Cl)c3)n1)C(=O)NC2(C)C. The van der Waals surface area contributed by atoms with Crippen LogP contribution in [0.15, 0.2) is 24.3 Å². The largest absolute Gasteiger partial charge is 0.343 e. The van der Waals surface area contributed by atoms with Gasteiger partial charge in [0.2, 0.25) is 0 Å². The highest BCUT2D eigenvalue weighted by molar-refractivity contribution is 6.31. The molecule has 0 saturated carbocycles. The summed E-state index contributed by atoms with van der Waals surface area (Å²) in [5, 5.41) is 2.80. The van der Waals surface area contributed by atoms with E-state index in [-0.39, 0.29) is 22.4 Å². The first-order valence-electron chi connectivity index (χ1n) is 7.05. The molecule has 0 unspecified atom stereocenters. The number of aromatic nitrogens is 1. The Kier molecular flexibility index (Phi) is 3.48. The van der Waals surface area contributed by atoms with E-state index in [0.29, 0.717) is 22.4 Å². The summed E-state index contributed by atoms with van der Waals surface area (Å²) < 4.78 is 13.4. The van der Waals surface area contributed by atoms with Gasteiger partial charge in [0.15, 0.2) is 5.78 Å². The second-order valence-electron chi connectivity index (χ2n) is 6.04. The average Bonchev–Trinajstić information content (AvgIpc) is 2.71. The van der Waals surface area contributed by atoms with Crippen LogP contribution in [0.25, 0.3) is 11.3 Å². The molecular formula is C17H14ClFN2O2. The monoisotopic (exact) mass is 332 g/mol. The second kappa shape index (κ2) is 5.13. The van der Waals surface area contributed by atoms with Crippen molar-refractivity contribution in [2.45, 2.75) is 26.3 Å². The highest BCUT2D eigenvalue weighted by Gasteiger charge is 2.38. The Balaban J connectivity index is 2.34. The zero-order chi connectivity index (χ0) is 16.9. The van der Waals surface area contributed by atoms with Gasteiger partial charge in [-0.1, -0.05) is 11.6 Å². The molecule has 0 fully saturated rings. The predicted molar refractivity (Wildman–Crippen MR) is 85.1 cm³/mol. The predicted octanol–water partition coefficient (Wildman–Crippen LogP) is 3.72. The molecule has 0 bridgehead atoms. The standard InChI is InChI=1S/C17H14ClFN2O2/c1-8(22)13-7-10-14(16(23)21-17(10,2)3)15(20-13)9-4-5-12(19)11(18)6-9/h4-7H,1-3H3,(H,21,23). The van der Waals surface area contributed by atoms with Crippen molar-refractivity contribution < 1.29 is 14.0 Å². The molecule has 1 amide bonds. The van der Waals surface area contributed by atoms with Crippen molar-refractivity contribution in [1.29, 1.82) is 0 Å². The van der Waals surface area contributed by atoms with E-state index in [1.165, 1.54) is 25.1 Å². The number of carbonyl (C=O) groups excluding carboxylic acids is 2. The molecule has 1 aliphatic rings. The summed E-state index contributed by atoms with van der Waals surface area (Å²) in [5.41, 5.74) is 1.55. The van der Waals surface area contributed by atoms with Crippen molar-refractivity contribution in [3.63, 3.8) is 0 Å². The number of benzene rings is 1. The Labute approximate surface area is 137 Å². The molecule has 3 rings (SSSR count). The van der Waals surface area contributed by atoms with Crippen molar-refractivity contribution in [2.24, 2.45) is 0 Å².